The summed E-state index contributed by atoms with van der Waals surface area (Å²) in [6, 6.07) is 0.907. The summed E-state index contributed by atoms with van der Waals surface area (Å²) in [4.78, 5) is 35.6. The monoisotopic (exact) mass is 552 g/mol. The van der Waals surface area contributed by atoms with Crippen LogP contribution in [-0.4, -0.2) is 71.7 Å². The first-order valence-electron chi connectivity index (χ1n) is 11.5. The molecule has 9 nitrogen and oxygen atoms in total. The minimum atomic E-state index is -1.24. The van der Waals surface area contributed by atoms with Gasteiger partial charge in [-0.1, -0.05) is 17.7 Å². The van der Waals surface area contributed by atoms with E-state index >= 15 is 0 Å². The number of nitrogens with zero attached hydrogens (tertiary/aromatic N) is 3. The molecule has 0 aliphatic carbocycles. The molecule has 13 heteroatoms. The second-order valence-corrected chi connectivity index (χ2v) is 10.3. The number of morpholine rings is 1. The molecule has 0 unspecified atom stereocenters. The van der Waals surface area contributed by atoms with Crippen molar-refractivity contribution >= 4 is 40.7 Å². The minimum absolute atomic E-state index is 0.0102. The summed E-state index contributed by atoms with van der Waals surface area (Å²) in [6.07, 6.45) is 2.25. The quantitative estimate of drug-likeness (QED) is 0.398. The van der Waals surface area contributed by atoms with Crippen molar-refractivity contribution in [3.63, 3.8) is 0 Å². The Morgan fingerprint density at radius 2 is 2.16 bits per heavy atom. The molecule has 2 N–H and O–H groups in total. The SMILES string of the molecule is COC(=O)C1=C(CN2[C@H]3COC[C@@H]2[C@@H](CC(=O)O)C3)NC(c2nccs2)=N[C@H]1c1ccc(F)c(F)c1Cl. The van der Waals surface area contributed by atoms with Crippen LogP contribution in [0.5, 0.6) is 0 Å². The highest BCUT2D eigenvalue weighted by Crippen LogP contribution is 2.40. The Balaban J connectivity index is 1.60. The van der Waals surface area contributed by atoms with Crippen LogP contribution in [0, 0.1) is 17.6 Å². The fraction of sp³-hybridized carbons (Fsp3) is 0.417. The van der Waals surface area contributed by atoms with E-state index in [1.807, 2.05) is 0 Å². The summed E-state index contributed by atoms with van der Waals surface area (Å²) in [5.74, 6) is -3.72. The number of aliphatic imine (C=N–C) groups is 1. The van der Waals surface area contributed by atoms with Gasteiger partial charge in [-0.15, -0.1) is 11.3 Å². The van der Waals surface area contributed by atoms with E-state index in [0.29, 0.717) is 36.2 Å². The van der Waals surface area contributed by atoms with Gasteiger partial charge in [-0.25, -0.2) is 18.6 Å². The second kappa shape index (κ2) is 10.4. The summed E-state index contributed by atoms with van der Waals surface area (Å²) in [7, 11) is 1.22. The highest BCUT2D eigenvalue weighted by Gasteiger charge is 2.46. The Bertz CT molecular complexity index is 1290. The molecule has 0 saturated carbocycles. The highest BCUT2D eigenvalue weighted by molar-refractivity contribution is 7.11. The Hall–Kier alpha value is -2.93. The second-order valence-electron chi connectivity index (χ2n) is 9.02. The van der Waals surface area contributed by atoms with Gasteiger partial charge in [0.2, 0.25) is 0 Å². The molecule has 1 aromatic carbocycles. The maximum Gasteiger partial charge on any atom is 0.338 e. The first-order chi connectivity index (χ1) is 17.8. The maximum atomic E-state index is 14.5. The van der Waals surface area contributed by atoms with Crippen LogP contribution in [-0.2, 0) is 19.1 Å². The number of thiazole rings is 1. The molecule has 5 rings (SSSR count). The number of carboxylic acid groups (broad SMARTS) is 1. The maximum absolute atomic E-state index is 14.5. The first-order valence-corrected chi connectivity index (χ1v) is 12.8. The molecular weight excluding hydrogens is 530 g/mol. The first kappa shape index (κ1) is 25.7. The van der Waals surface area contributed by atoms with E-state index in [4.69, 9.17) is 21.1 Å². The number of aromatic nitrogens is 1. The third-order valence-electron chi connectivity index (χ3n) is 6.92. The van der Waals surface area contributed by atoms with Crippen LogP contribution in [0.2, 0.25) is 5.02 Å². The number of nitrogens with one attached hydrogen (secondary N) is 1. The molecule has 2 bridgehead atoms. The number of methoxy groups -OCH3 is 1. The largest absolute Gasteiger partial charge is 0.481 e. The van der Waals surface area contributed by atoms with Gasteiger partial charge in [0.15, 0.2) is 22.5 Å². The van der Waals surface area contributed by atoms with E-state index in [-0.39, 0.29) is 42.1 Å². The number of hydrogen-bond donors (Lipinski definition) is 2. The van der Waals surface area contributed by atoms with Gasteiger partial charge in [0.05, 0.1) is 30.9 Å². The molecule has 1 aromatic heterocycles. The molecule has 2 saturated heterocycles. The van der Waals surface area contributed by atoms with E-state index in [2.05, 4.69) is 20.2 Å². The van der Waals surface area contributed by atoms with Crippen LogP contribution in [0.15, 0.2) is 40.0 Å². The molecule has 3 aliphatic heterocycles. The summed E-state index contributed by atoms with van der Waals surface area (Å²) in [5.41, 5.74) is 0.629. The normalized spacial score (nSPS) is 25.6. The third-order valence-corrected chi connectivity index (χ3v) is 8.08. The lowest BCUT2D eigenvalue weighted by Gasteiger charge is -2.38. The predicted molar refractivity (Wildman–Crippen MR) is 130 cm³/mol. The van der Waals surface area contributed by atoms with Gasteiger partial charge in [-0.2, -0.15) is 0 Å². The van der Waals surface area contributed by atoms with Crippen molar-refractivity contribution in [1.29, 1.82) is 0 Å². The van der Waals surface area contributed by atoms with Crippen LogP contribution in [0.1, 0.15) is 29.5 Å². The Morgan fingerprint density at radius 3 is 2.86 bits per heavy atom. The lowest BCUT2D eigenvalue weighted by molar-refractivity contribution is -0.138. The number of carbonyl (C=O) groups excluding carboxylic acids is 1. The molecule has 196 valence electrons. The van der Waals surface area contributed by atoms with Gasteiger partial charge < -0.3 is 19.9 Å². The van der Waals surface area contributed by atoms with Crippen molar-refractivity contribution in [2.45, 2.75) is 31.0 Å². The zero-order chi connectivity index (χ0) is 26.3. The number of aliphatic carboxylic acids is 1. The highest BCUT2D eigenvalue weighted by atomic mass is 35.5. The van der Waals surface area contributed by atoms with Crippen molar-refractivity contribution < 1.29 is 33.0 Å². The van der Waals surface area contributed by atoms with Crippen molar-refractivity contribution in [2.24, 2.45) is 10.9 Å². The molecule has 3 aliphatic rings. The zero-order valence-corrected chi connectivity index (χ0v) is 21.2. The van der Waals surface area contributed by atoms with Crippen molar-refractivity contribution in [1.82, 2.24) is 15.2 Å². The molecule has 2 aromatic rings. The van der Waals surface area contributed by atoms with Gasteiger partial charge >= 0.3 is 11.9 Å². The Morgan fingerprint density at radius 1 is 1.35 bits per heavy atom. The number of carbonyl (C=O) groups is 2. The van der Waals surface area contributed by atoms with Crippen LogP contribution >= 0.6 is 22.9 Å². The van der Waals surface area contributed by atoms with E-state index in [1.165, 1.54) is 24.5 Å². The third kappa shape index (κ3) is 4.86. The van der Waals surface area contributed by atoms with E-state index in [1.54, 1.807) is 11.6 Å². The van der Waals surface area contributed by atoms with E-state index in [9.17, 15) is 23.5 Å². The number of halogens is 3. The fourth-order valence-corrected chi connectivity index (χ4v) is 6.12. The van der Waals surface area contributed by atoms with E-state index < -0.39 is 34.6 Å². The number of rotatable bonds is 7. The lowest BCUT2D eigenvalue weighted by atomic mass is 9.94. The minimum Gasteiger partial charge on any atom is -0.481 e. The molecule has 2 fully saturated rings. The molecule has 0 radical (unpaired) electrons. The lowest BCUT2D eigenvalue weighted by Crippen LogP contribution is -2.50. The topological polar surface area (TPSA) is 113 Å². The molecule has 0 amide bonds. The number of esters is 1. The smallest absolute Gasteiger partial charge is 0.338 e. The van der Waals surface area contributed by atoms with Crippen LogP contribution in [0.25, 0.3) is 0 Å². The Kier molecular flexibility index (Phi) is 7.26. The van der Waals surface area contributed by atoms with Gasteiger partial charge in [-0.3, -0.25) is 14.7 Å². The van der Waals surface area contributed by atoms with Gasteiger partial charge in [0.25, 0.3) is 0 Å². The van der Waals surface area contributed by atoms with Crippen LogP contribution in [0.4, 0.5) is 8.78 Å². The predicted octanol–water partition coefficient (Wildman–Crippen LogP) is 3.16. The summed E-state index contributed by atoms with van der Waals surface area (Å²) < 4.78 is 39.1. The molecular formula is C24H23ClF2N4O5S. The van der Waals surface area contributed by atoms with Gasteiger partial charge in [0, 0.05) is 47.9 Å². The number of amidine groups is 1. The molecule has 4 atom stereocenters. The summed E-state index contributed by atoms with van der Waals surface area (Å²) >= 11 is 7.52. The van der Waals surface area contributed by atoms with Crippen molar-refractivity contribution in [2.75, 3.05) is 26.9 Å². The summed E-state index contributed by atoms with van der Waals surface area (Å²) in [5, 5.41) is 14.4. The molecule has 37 heavy (non-hydrogen) atoms. The van der Waals surface area contributed by atoms with Crippen molar-refractivity contribution in [3.8, 4) is 0 Å². The number of carboxylic acids is 1. The van der Waals surface area contributed by atoms with Crippen LogP contribution < -0.4 is 5.32 Å². The van der Waals surface area contributed by atoms with E-state index in [0.717, 1.165) is 6.07 Å². The number of benzene rings is 1. The number of hydrogen-bond acceptors (Lipinski definition) is 9. The fourth-order valence-electron chi connectivity index (χ4n) is 5.27. The van der Waals surface area contributed by atoms with Crippen LogP contribution in [0.3, 0.4) is 0 Å². The molecule has 0 spiro atoms. The average molecular weight is 553 g/mol. The average Bonchev–Trinajstić information content (AvgIpc) is 3.46. The molecule has 4 heterocycles. The standard InChI is InChI=1S/C24H23ClF2N4O5S/c1-35-24(34)18-15(8-31-12-6-11(7-17(32)33)16(31)10-36-9-12)29-22(23-28-4-5-37-23)30-21(18)13-2-3-14(26)20(27)19(13)25/h2-5,11-12,16,21H,6-10H2,1H3,(H,29,30)(H,32,33)/t11-,12-,16-,21+/m1/s1. The van der Waals surface area contributed by atoms with Gasteiger partial charge in [-0.05, 0) is 18.4 Å². The van der Waals surface area contributed by atoms with Gasteiger partial charge in [0.1, 0.15) is 6.04 Å². The van der Waals surface area contributed by atoms with Crippen molar-refractivity contribution in [3.05, 3.63) is 62.2 Å². The number of ether oxygens (including phenoxy) is 2. The Labute approximate surface area is 219 Å². The zero-order valence-electron chi connectivity index (χ0n) is 19.6. The summed E-state index contributed by atoms with van der Waals surface area (Å²) in [6.45, 7) is 1.02. The number of fused-ring (bicyclic) bond motifs is 2.